The van der Waals surface area contributed by atoms with Crippen LogP contribution in [0.25, 0.3) is 0 Å². The van der Waals surface area contributed by atoms with Crippen LogP contribution in [-0.4, -0.2) is 85.0 Å². The van der Waals surface area contributed by atoms with Gasteiger partial charge in [-0.2, -0.15) is 0 Å². The van der Waals surface area contributed by atoms with E-state index in [1.54, 1.807) is 0 Å². The molecule has 6 nitrogen and oxygen atoms in total. The summed E-state index contributed by atoms with van der Waals surface area (Å²) in [4.78, 5) is 32.6. The van der Waals surface area contributed by atoms with Crippen LogP contribution < -0.4 is 0 Å². The Morgan fingerprint density at radius 2 is 1.81 bits per heavy atom. The molecule has 0 aromatic heterocycles. The maximum atomic E-state index is 13.2. The molecule has 0 bridgehead atoms. The molecule has 0 N–H and O–H groups in total. The van der Waals surface area contributed by atoms with E-state index in [-0.39, 0.29) is 17.9 Å². The number of likely N-dealkylation sites (tertiary alicyclic amines) is 1. The zero-order valence-electron chi connectivity index (χ0n) is 18.9. The fourth-order valence-electron chi connectivity index (χ4n) is 4.87. The van der Waals surface area contributed by atoms with Gasteiger partial charge in [0.05, 0.1) is 25.7 Å². The first kappa shape index (κ1) is 22.3. The lowest BCUT2D eigenvalue weighted by molar-refractivity contribution is -0.141. The number of carbonyl (C=O) groups is 2. The highest BCUT2D eigenvalue weighted by Gasteiger charge is 2.37. The molecule has 1 atom stereocenters. The minimum Gasteiger partial charge on any atom is -0.379 e. The minimum absolute atomic E-state index is 0.166. The zero-order chi connectivity index (χ0) is 21.6. The lowest BCUT2D eigenvalue weighted by atomic mass is 9.84. The number of amides is 2. The average Bonchev–Trinajstić information content (AvgIpc) is 3.22. The molecule has 2 aliphatic heterocycles. The number of aryl methyl sites for hydroxylation is 1. The van der Waals surface area contributed by atoms with Crippen molar-refractivity contribution >= 4 is 11.8 Å². The van der Waals surface area contributed by atoms with Gasteiger partial charge in [0, 0.05) is 45.2 Å². The summed E-state index contributed by atoms with van der Waals surface area (Å²) in [5.41, 5.74) is 2.27. The number of nitrogens with zero attached hydrogens (tertiary/aromatic N) is 3. The second-order valence-corrected chi connectivity index (χ2v) is 9.41. The van der Waals surface area contributed by atoms with Gasteiger partial charge in [0.15, 0.2) is 0 Å². The molecule has 2 saturated heterocycles. The number of rotatable bonds is 8. The first-order valence-electron chi connectivity index (χ1n) is 12.0. The summed E-state index contributed by atoms with van der Waals surface area (Å²) in [6.07, 6.45) is 5.57. The van der Waals surface area contributed by atoms with Crippen LogP contribution in [0.3, 0.4) is 0 Å². The third kappa shape index (κ3) is 5.86. The van der Waals surface area contributed by atoms with Gasteiger partial charge in [0.2, 0.25) is 11.8 Å². The molecule has 1 saturated carbocycles. The zero-order valence-corrected chi connectivity index (χ0v) is 18.9. The molecule has 6 heteroatoms. The highest BCUT2D eigenvalue weighted by atomic mass is 16.5. The number of morpholine rings is 1. The first-order valence-corrected chi connectivity index (χ1v) is 12.0. The number of hydrogen-bond donors (Lipinski definition) is 0. The lowest BCUT2D eigenvalue weighted by Crippen LogP contribution is -2.48. The Morgan fingerprint density at radius 3 is 2.48 bits per heavy atom. The molecule has 3 fully saturated rings. The van der Waals surface area contributed by atoms with Crippen LogP contribution in [-0.2, 0) is 20.7 Å². The van der Waals surface area contributed by atoms with Crippen molar-refractivity contribution in [3.05, 3.63) is 35.4 Å². The van der Waals surface area contributed by atoms with Crippen LogP contribution in [0.4, 0.5) is 0 Å². The van der Waals surface area contributed by atoms with Crippen LogP contribution in [0, 0.1) is 12.8 Å². The number of carbonyl (C=O) groups excluding carboxylic acids is 2. The normalized spacial score (nSPS) is 22.4. The fourth-order valence-corrected chi connectivity index (χ4v) is 4.87. The van der Waals surface area contributed by atoms with Gasteiger partial charge in [-0.25, -0.2) is 0 Å². The Balaban J connectivity index is 1.32. The summed E-state index contributed by atoms with van der Waals surface area (Å²) in [5, 5.41) is 0. The van der Waals surface area contributed by atoms with E-state index < -0.39 is 0 Å². The predicted octanol–water partition coefficient (Wildman–Crippen LogP) is 2.49. The van der Waals surface area contributed by atoms with Crippen molar-refractivity contribution in [2.45, 2.75) is 51.5 Å². The summed E-state index contributed by atoms with van der Waals surface area (Å²) in [7, 11) is 0. The quantitative estimate of drug-likeness (QED) is 0.640. The van der Waals surface area contributed by atoms with Crippen molar-refractivity contribution in [3.8, 4) is 0 Å². The largest absolute Gasteiger partial charge is 0.379 e. The molecular weight excluding hydrogens is 390 g/mol. The van der Waals surface area contributed by atoms with Crippen LogP contribution in [0.1, 0.15) is 43.2 Å². The van der Waals surface area contributed by atoms with Crippen LogP contribution >= 0.6 is 0 Å². The summed E-state index contributed by atoms with van der Waals surface area (Å²) in [5.74, 6) is 0.711. The Hall–Kier alpha value is -1.92. The second-order valence-electron chi connectivity index (χ2n) is 9.41. The van der Waals surface area contributed by atoms with Gasteiger partial charge in [-0.05, 0) is 38.2 Å². The van der Waals surface area contributed by atoms with E-state index in [9.17, 15) is 9.59 Å². The monoisotopic (exact) mass is 427 g/mol. The van der Waals surface area contributed by atoms with E-state index >= 15 is 0 Å². The second kappa shape index (κ2) is 10.6. The van der Waals surface area contributed by atoms with Gasteiger partial charge >= 0.3 is 0 Å². The third-order valence-electron chi connectivity index (χ3n) is 7.15. The van der Waals surface area contributed by atoms with Crippen molar-refractivity contribution in [3.63, 3.8) is 0 Å². The molecule has 31 heavy (non-hydrogen) atoms. The Labute approximate surface area is 186 Å². The van der Waals surface area contributed by atoms with Gasteiger partial charge in [-0.3, -0.25) is 14.5 Å². The molecule has 1 aromatic carbocycles. The summed E-state index contributed by atoms with van der Waals surface area (Å²) >= 11 is 0. The van der Waals surface area contributed by atoms with E-state index in [1.807, 2.05) is 17.0 Å². The first-order chi connectivity index (χ1) is 15.1. The number of benzene rings is 1. The molecule has 0 radical (unpaired) electrons. The summed E-state index contributed by atoms with van der Waals surface area (Å²) < 4.78 is 5.44. The standard InChI is InChI=1S/C25H37N3O3/c1-20-6-8-21(9-7-20)18-24(29)27-13-10-23(19-27)28(25(30)22-4-2-5-22)12-3-11-26-14-16-31-17-15-26/h6-9,22-23H,2-5,10-19H2,1H3. The number of hydrogen-bond acceptors (Lipinski definition) is 4. The van der Waals surface area contributed by atoms with Crippen molar-refractivity contribution in [1.82, 2.24) is 14.7 Å². The van der Waals surface area contributed by atoms with Crippen molar-refractivity contribution in [1.29, 1.82) is 0 Å². The lowest BCUT2D eigenvalue weighted by Gasteiger charge is -2.36. The van der Waals surface area contributed by atoms with E-state index in [1.165, 1.54) is 12.0 Å². The van der Waals surface area contributed by atoms with Gasteiger partial charge in [0.1, 0.15) is 0 Å². The Bertz CT molecular complexity index is 741. The third-order valence-corrected chi connectivity index (χ3v) is 7.15. The van der Waals surface area contributed by atoms with E-state index in [4.69, 9.17) is 4.74 Å². The van der Waals surface area contributed by atoms with Gasteiger partial charge in [0.25, 0.3) is 0 Å². The maximum Gasteiger partial charge on any atom is 0.227 e. The van der Waals surface area contributed by atoms with E-state index in [0.29, 0.717) is 18.9 Å². The smallest absolute Gasteiger partial charge is 0.227 e. The van der Waals surface area contributed by atoms with Gasteiger partial charge in [-0.1, -0.05) is 36.2 Å². The molecule has 3 aliphatic rings. The van der Waals surface area contributed by atoms with Gasteiger partial charge < -0.3 is 14.5 Å². The molecule has 1 aromatic rings. The molecular formula is C25H37N3O3. The van der Waals surface area contributed by atoms with E-state index in [0.717, 1.165) is 77.2 Å². The van der Waals surface area contributed by atoms with Gasteiger partial charge in [-0.15, -0.1) is 0 Å². The topological polar surface area (TPSA) is 53.1 Å². The number of ether oxygens (including phenoxy) is 1. The summed E-state index contributed by atoms with van der Waals surface area (Å²) in [6.45, 7) is 8.91. The molecule has 2 amide bonds. The van der Waals surface area contributed by atoms with Crippen LogP contribution in [0.2, 0.25) is 0 Å². The highest BCUT2D eigenvalue weighted by Crippen LogP contribution is 2.30. The molecule has 1 aliphatic carbocycles. The molecule has 0 spiro atoms. The molecule has 4 rings (SSSR count). The molecule has 1 unspecified atom stereocenters. The van der Waals surface area contributed by atoms with Crippen LogP contribution in [0.15, 0.2) is 24.3 Å². The van der Waals surface area contributed by atoms with E-state index in [2.05, 4.69) is 28.9 Å². The predicted molar refractivity (Wildman–Crippen MR) is 121 cm³/mol. The molecule has 2 heterocycles. The van der Waals surface area contributed by atoms with Crippen molar-refractivity contribution in [2.24, 2.45) is 5.92 Å². The SMILES string of the molecule is Cc1ccc(CC(=O)N2CCC(N(CCCN3CCOCC3)C(=O)C3CCC3)C2)cc1. The van der Waals surface area contributed by atoms with Crippen LogP contribution in [0.5, 0.6) is 0 Å². The average molecular weight is 428 g/mol. The Morgan fingerprint density at radius 1 is 1.06 bits per heavy atom. The maximum absolute atomic E-state index is 13.2. The molecule has 170 valence electrons. The van der Waals surface area contributed by atoms with Crippen molar-refractivity contribution < 1.29 is 14.3 Å². The minimum atomic E-state index is 0.166. The highest BCUT2D eigenvalue weighted by molar-refractivity contribution is 5.81. The van der Waals surface area contributed by atoms with Crippen molar-refractivity contribution in [2.75, 3.05) is 52.5 Å². The Kier molecular flexibility index (Phi) is 7.62. The fraction of sp³-hybridized carbons (Fsp3) is 0.680. The summed E-state index contributed by atoms with van der Waals surface area (Å²) in [6, 6.07) is 8.36.